The van der Waals surface area contributed by atoms with Crippen molar-refractivity contribution in [3.8, 4) is 33.4 Å². The second-order valence-corrected chi connectivity index (χ2v) is 15.0. The van der Waals surface area contributed by atoms with Crippen molar-refractivity contribution >= 4 is 32.3 Å². The summed E-state index contributed by atoms with van der Waals surface area (Å²) in [6.45, 7) is 13.5. The van der Waals surface area contributed by atoms with Crippen molar-refractivity contribution in [3.05, 3.63) is 197 Å². The predicted octanol–water partition coefficient (Wildman–Crippen LogP) is 7.06. The summed E-state index contributed by atoms with van der Waals surface area (Å²) < 4.78 is 0. The van der Waals surface area contributed by atoms with E-state index in [4.69, 9.17) is 0 Å². The average Bonchev–Trinajstić information content (AvgIpc) is 4.08. The van der Waals surface area contributed by atoms with Crippen LogP contribution in [-0.4, -0.2) is 0 Å². The number of halogens is 3. The second-order valence-electron chi connectivity index (χ2n) is 15.0. The van der Waals surface area contributed by atoms with Gasteiger partial charge in [-0.05, 0) is 38.5 Å². The molecule has 0 unspecified atom stereocenters. The minimum atomic E-state index is 0. The molecule has 0 heterocycles. The quantitative estimate of drug-likeness (QED) is 0.108. The molecule has 0 amide bonds. The Hall–Kier alpha value is -2.84. The summed E-state index contributed by atoms with van der Waals surface area (Å²) in [6, 6.07) is 59.3. The van der Waals surface area contributed by atoms with Crippen molar-refractivity contribution in [2.75, 3.05) is 0 Å². The van der Waals surface area contributed by atoms with E-state index in [0.29, 0.717) is 0 Å². The van der Waals surface area contributed by atoms with Crippen molar-refractivity contribution < 1.29 is 102 Å². The molecule has 0 radical (unpaired) electrons. The van der Waals surface area contributed by atoms with Crippen molar-refractivity contribution in [3.63, 3.8) is 0 Å². The average molecular weight is 992 g/mol. The SMILES string of the molecule is CCc1cc(-c2ccccc2)c2[cH-]ccc2c1CC.CCc1cc(-c2ccccc2)c2[cH-]ccc2c1CC.CCc1cc(-c2ccccc2)c2[cH-]ccc2c1CC.[Cl-].[Cl-].[Cl-].[Ti+2].[Ti+2].[Ti+2]. The van der Waals surface area contributed by atoms with Crippen LogP contribution in [0.5, 0.6) is 0 Å². The third kappa shape index (κ3) is 12.7. The van der Waals surface area contributed by atoms with Crippen LogP contribution in [-0.2, 0) is 104 Å². The van der Waals surface area contributed by atoms with Crippen molar-refractivity contribution in [2.45, 2.75) is 80.1 Å². The van der Waals surface area contributed by atoms with Gasteiger partial charge in [0.2, 0.25) is 0 Å². The van der Waals surface area contributed by atoms with Crippen molar-refractivity contribution in [2.24, 2.45) is 0 Å². The summed E-state index contributed by atoms with van der Waals surface area (Å²) in [6.07, 6.45) is 6.63. The number of rotatable bonds is 9. The fourth-order valence-electron chi connectivity index (χ4n) is 9.06. The molecule has 0 atom stereocenters. The Morgan fingerprint density at radius 2 is 0.556 bits per heavy atom. The van der Waals surface area contributed by atoms with Gasteiger partial charge in [-0.2, -0.15) is 36.4 Å². The maximum Gasteiger partial charge on any atom is 2.00 e. The molecule has 0 fully saturated rings. The zero-order valence-corrected chi connectivity index (χ0v) is 44.4. The maximum atomic E-state index is 2.39. The Morgan fingerprint density at radius 3 is 0.762 bits per heavy atom. The van der Waals surface area contributed by atoms with Gasteiger partial charge in [-0.1, -0.05) is 217 Å². The standard InChI is InChI=1S/3C19H19.3ClH.3Ti/c3*1-3-14-13-19(15-9-6-5-7-10-15)18-12-8-11-17(18)16(14)4-2;;;;;;/h3*5-13H,3-4H2,1-2H3;3*1H;;;/q3*-1;;;;3*+2/p-3. The Labute approximate surface area is 441 Å². The molecule has 9 aromatic rings. The molecule has 0 saturated heterocycles. The van der Waals surface area contributed by atoms with E-state index in [-0.39, 0.29) is 102 Å². The van der Waals surface area contributed by atoms with Gasteiger partial charge in [0.1, 0.15) is 0 Å². The number of hydrogen-bond donors (Lipinski definition) is 0. The molecule has 0 nitrogen and oxygen atoms in total. The van der Waals surface area contributed by atoms with Crippen LogP contribution in [0.4, 0.5) is 0 Å². The third-order valence-electron chi connectivity index (χ3n) is 11.9. The number of fused-ring (bicyclic) bond motifs is 3. The zero-order chi connectivity index (χ0) is 39.7. The first kappa shape index (κ1) is 58.2. The third-order valence-corrected chi connectivity index (χ3v) is 11.9. The van der Waals surface area contributed by atoms with Crippen LogP contribution in [0.1, 0.15) is 74.9 Å². The molecule has 0 aliphatic heterocycles. The maximum absolute atomic E-state index is 2.39. The van der Waals surface area contributed by atoms with Gasteiger partial charge in [-0.25, -0.2) is 0 Å². The van der Waals surface area contributed by atoms with Crippen molar-refractivity contribution in [1.82, 2.24) is 0 Å². The molecular formula is C57H57Cl3Ti3. The number of hydrogen-bond acceptors (Lipinski definition) is 0. The molecule has 9 rings (SSSR count). The molecule has 0 spiro atoms. The van der Waals surface area contributed by atoms with Gasteiger partial charge < -0.3 is 37.2 Å². The molecule has 318 valence electrons. The molecule has 0 bridgehead atoms. The van der Waals surface area contributed by atoms with Crippen LogP contribution < -0.4 is 37.2 Å². The molecular weight excluding hydrogens is 935 g/mol. The Kier molecular flexibility index (Phi) is 26.1. The second kappa shape index (κ2) is 28.3. The first-order valence-electron chi connectivity index (χ1n) is 21.3. The fourth-order valence-corrected chi connectivity index (χ4v) is 9.06. The smallest absolute Gasteiger partial charge is 1.00 e. The van der Waals surface area contributed by atoms with E-state index in [9.17, 15) is 0 Å². The molecule has 6 heteroatoms. The zero-order valence-electron chi connectivity index (χ0n) is 37.5. The van der Waals surface area contributed by atoms with Crippen LogP contribution in [0.25, 0.3) is 65.7 Å². The molecule has 0 aromatic heterocycles. The Morgan fingerprint density at radius 1 is 0.317 bits per heavy atom. The van der Waals surface area contributed by atoms with Crippen LogP contribution in [0.2, 0.25) is 0 Å². The molecule has 0 aliphatic carbocycles. The van der Waals surface area contributed by atoms with Gasteiger partial charge >= 0.3 is 65.2 Å². The number of aryl methyl sites for hydroxylation is 6. The normalized spacial score (nSPS) is 10.0. The van der Waals surface area contributed by atoms with Crippen LogP contribution in [0.3, 0.4) is 0 Å². The van der Waals surface area contributed by atoms with Crippen molar-refractivity contribution in [1.29, 1.82) is 0 Å². The van der Waals surface area contributed by atoms with Crippen LogP contribution in [0, 0.1) is 0 Å². The van der Waals surface area contributed by atoms with E-state index in [1.807, 2.05) is 0 Å². The summed E-state index contributed by atoms with van der Waals surface area (Å²) in [7, 11) is 0. The summed E-state index contributed by atoms with van der Waals surface area (Å²) in [5.74, 6) is 0. The Balaban J connectivity index is 0.000000451. The summed E-state index contributed by atoms with van der Waals surface area (Å²) >= 11 is 0. The van der Waals surface area contributed by atoms with E-state index in [2.05, 4.69) is 205 Å². The van der Waals surface area contributed by atoms with Gasteiger partial charge in [-0.15, -0.1) is 50.5 Å². The van der Waals surface area contributed by atoms with Gasteiger partial charge in [0.05, 0.1) is 0 Å². The van der Waals surface area contributed by atoms with E-state index in [1.165, 1.54) is 99.1 Å². The van der Waals surface area contributed by atoms with Crippen LogP contribution >= 0.6 is 0 Å². The minimum absolute atomic E-state index is 0. The molecule has 63 heavy (non-hydrogen) atoms. The predicted molar refractivity (Wildman–Crippen MR) is 251 cm³/mol. The number of benzene rings is 6. The van der Waals surface area contributed by atoms with Gasteiger partial charge in [0, 0.05) is 0 Å². The van der Waals surface area contributed by atoms with E-state index >= 15 is 0 Å². The monoisotopic (exact) mass is 990 g/mol. The van der Waals surface area contributed by atoms with E-state index < -0.39 is 0 Å². The fraction of sp³-hybridized carbons (Fsp3) is 0.211. The van der Waals surface area contributed by atoms with Crippen LogP contribution in [0.15, 0.2) is 164 Å². The molecule has 9 aromatic carbocycles. The van der Waals surface area contributed by atoms with Gasteiger partial charge in [0.25, 0.3) is 0 Å². The molecule has 0 N–H and O–H groups in total. The van der Waals surface area contributed by atoms with Gasteiger partial charge in [0.15, 0.2) is 0 Å². The first-order valence-corrected chi connectivity index (χ1v) is 21.3. The summed E-state index contributed by atoms with van der Waals surface area (Å²) in [5, 5.41) is 8.46. The first-order chi connectivity index (χ1) is 28.0. The molecule has 0 saturated carbocycles. The van der Waals surface area contributed by atoms with E-state index in [1.54, 1.807) is 0 Å². The van der Waals surface area contributed by atoms with E-state index in [0.717, 1.165) is 38.5 Å². The largest absolute Gasteiger partial charge is 2.00 e. The van der Waals surface area contributed by atoms with Gasteiger partial charge in [-0.3, -0.25) is 0 Å². The Bertz CT molecular complexity index is 2390. The minimum Gasteiger partial charge on any atom is -1.00 e. The molecule has 0 aliphatic rings. The summed E-state index contributed by atoms with van der Waals surface area (Å²) in [5.41, 5.74) is 17.1. The topological polar surface area (TPSA) is 0 Å². The summed E-state index contributed by atoms with van der Waals surface area (Å²) in [4.78, 5) is 0.